The van der Waals surface area contributed by atoms with Gasteiger partial charge in [-0.3, -0.25) is 0 Å². The van der Waals surface area contributed by atoms with Gasteiger partial charge in [0.2, 0.25) is 0 Å². The average Bonchev–Trinajstić information content (AvgIpc) is 2.92. The second kappa shape index (κ2) is 7.51. The highest BCUT2D eigenvalue weighted by atomic mass is 16.5. The zero-order valence-electron chi connectivity index (χ0n) is 12.0. The third-order valence-electron chi connectivity index (χ3n) is 3.72. The van der Waals surface area contributed by atoms with E-state index in [1.807, 2.05) is 12.1 Å². The lowest BCUT2D eigenvalue weighted by atomic mass is 9.98. The number of likely N-dealkylation sites (N-methyl/N-ethyl adjacent to an activating group) is 1. The van der Waals surface area contributed by atoms with Gasteiger partial charge >= 0.3 is 0 Å². The number of ether oxygens (including phenoxy) is 2. The third kappa shape index (κ3) is 4.22. The van der Waals surface area contributed by atoms with E-state index in [9.17, 15) is 0 Å². The Bertz CT molecular complexity index is 375. The van der Waals surface area contributed by atoms with Crippen LogP contribution >= 0.6 is 0 Å². The molecule has 1 N–H and O–H groups in total. The normalized spacial score (nSPS) is 20.4. The molecule has 2 unspecified atom stereocenters. The van der Waals surface area contributed by atoms with Crippen LogP contribution in [0.4, 0.5) is 0 Å². The topological polar surface area (TPSA) is 30.5 Å². The first-order chi connectivity index (χ1) is 9.33. The highest BCUT2D eigenvalue weighted by molar-refractivity contribution is 5.33. The van der Waals surface area contributed by atoms with Gasteiger partial charge in [-0.1, -0.05) is 25.1 Å². The van der Waals surface area contributed by atoms with E-state index >= 15 is 0 Å². The maximum atomic E-state index is 5.75. The predicted molar refractivity (Wildman–Crippen MR) is 77.8 cm³/mol. The largest absolute Gasteiger partial charge is 0.496 e. The molecule has 0 bridgehead atoms. The highest BCUT2D eigenvalue weighted by Crippen LogP contribution is 2.23. The Morgan fingerprint density at radius 1 is 1.42 bits per heavy atom. The van der Waals surface area contributed by atoms with Gasteiger partial charge in [0.1, 0.15) is 5.75 Å². The van der Waals surface area contributed by atoms with Crippen molar-refractivity contribution in [3.05, 3.63) is 29.8 Å². The standard InChI is InChI=1S/C16H25NO2/c1-3-17-14(12-15-8-6-10-19-15)11-13-7-4-5-9-16(13)18-2/h4-5,7,9,14-15,17H,3,6,8,10-12H2,1-2H3. The molecule has 0 amide bonds. The van der Waals surface area contributed by atoms with E-state index < -0.39 is 0 Å². The summed E-state index contributed by atoms with van der Waals surface area (Å²) in [5.41, 5.74) is 1.27. The van der Waals surface area contributed by atoms with Gasteiger partial charge in [0.25, 0.3) is 0 Å². The number of hydrogen-bond donors (Lipinski definition) is 1. The molecule has 1 fully saturated rings. The minimum absolute atomic E-state index is 0.429. The third-order valence-corrected chi connectivity index (χ3v) is 3.72. The highest BCUT2D eigenvalue weighted by Gasteiger charge is 2.21. The molecule has 19 heavy (non-hydrogen) atoms. The van der Waals surface area contributed by atoms with Gasteiger partial charge in [0.05, 0.1) is 13.2 Å². The van der Waals surface area contributed by atoms with Gasteiger partial charge in [-0.05, 0) is 43.9 Å². The summed E-state index contributed by atoms with van der Waals surface area (Å²) in [6, 6.07) is 8.74. The van der Waals surface area contributed by atoms with E-state index in [0.29, 0.717) is 12.1 Å². The zero-order chi connectivity index (χ0) is 13.5. The molecule has 1 aliphatic heterocycles. The minimum Gasteiger partial charge on any atom is -0.496 e. The molecule has 0 aromatic heterocycles. The van der Waals surface area contributed by atoms with Gasteiger partial charge in [0.15, 0.2) is 0 Å². The average molecular weight is 263 g/mol. The molecule has 0 radical (unpaired) electrons. The predicted octanol–water partition coefficient (Wildman–Crippen LogP) is 2.78. The molecule has 3 heteroatoms. The lowest BCUT2D eigenvalue weighted by Crippen LogP contribution is -2.34. The van der Waals surface area contributed by atoms with Crippen molar-refractivity contribution in [2.75, 3.05) is 20.3 Å². The monoisotopic (exact) mass is 263 g/mol. The van der Waals surface area contributed by atoms with Crippen molar-refractivity contribution in [3.63, 3.8) is 0 Å². The number of hydrogen-bond acceptors (Lipinski definition) is 3. The Morgan fingerprint density at radius 3 is 2.95 bits per heavy atom. The first-order valence-electron chi connectivity index (χ1n) is 7.30. The summed E-state index contributed by atoms with van der Waals surface area (Å²) >= 11 is 0. The fourth-order valence-corrected chi connectivity index (χ4v) is 2.81. The molecule has 1 saturated heterocycles. The van der Waals surface area contributed by atoms with Gasteiger partial charge in [-0.2, -0.15) is 0 Å². The Balaban J connectivity index is 1.98. The van der Waals surface area contributed by atoms with Crippen molar-refractivity contribution in [3.8, 4) is 5.75 Å². The van der Waals surface area contributed by atoms with Crippen molar-refractivity contribution in [2.45, 2.75) is 44.8 Å². The second-order valence-corrected chi connectivity index (χ2v) is 5.14. The van der Waals surface area contributed by atoms with Crippen molar-refractivity contribution in [2.24, 2.45) is 0 Å². The first kappa shape index (κ1) is 14.4. The van der Waals surface area contributed by atoms with Gasteiger partial charge < -0.3 is 14.8 Å². The lowest BCUT2D eigenvalue weighted by molar-refractivity contribution is 0.0947. The molecule has 1 heterocycles. The summed E-state index contributed by atoms with van der Waals surface area (Å²) in [6.45, 7) is 4.08. The van der Waals surface area contributed by atoms with Crippen LogP contribution in [0.25, 0.3) is 0 Å². The fourth-order valence-electron chi connectivity index (χ4n) is 2.81. The van der Waals surface area contributed by atoms with E-state index in [1.165, 1.54) is 18.4 Å². The summed E-state index contributed by atoms with van der Waals surface area (Å²) < 4.78 is 11.2. The van der Waals surface area contributed by atoms with Crippen molar-refractivity contribution in [1.29, 1.82) is 0 Å². The van der Waals surface area contributed by atoms with E-state index in [0.717, 1.165) is 31.7 Å². The number of rotatable bonds is 7. The van der Waals surface area contributed by atoms with Crippen LogP contribution in [0.1, 0.15) is 31.7 Å². The molecule has 1 aliphatic rings. The van der Waals surface area contributed by atoms with Crippen LogP contribution in [-0.2, 0) is 11.2 Å². The molecule has 0 spiro atoms. The number of methoxy groups -OCH3 is 1. The van der Waals surface area contributed by atoms with Crippen molar-refractivity contribution < 1.29 is 9.47 Å². The van der Waals surface area contributed by atoms with Crippen LogP contribution < -0.4 is 10.1 Å². The van der Waals surface area contributed by atoms with E-state index in [2.05, 4.69) is 24.4 Å². The lowest BCUT2D eigenvalue weighted by Gasteiger charge is -2.22. The summed E-state index contributed by atoms with van der Waals surface area (Å²) in [4.78, 5) is 0. The Kier molecular flexibility index (Phi) is 5.67. The molecule has 106 valence electrons. The first-order valence-corrected chi connectivity index (χ1v) is 7.30. The van der Waals surface area contributed by atoms with Crippen LogP contribution in [0, 0.1) is 0 Å². The Labute approximate surface area is 116 Å². The summed E-state index contributed by atoms with van der Waals surface area (Å²) in [5.74, 6) is 0.984. The van der Waals surface area contributed by atoms with Crippen molar-refractivity contribution >= 4 is 0 Å². The van der Waals surface area contributed by atoms with E-state index in [4.69, 9.17) is 9.47 Å². The molecule has 0 aliphatic carbocycles. The van der Waals surface area contributed by atoms with Gasteiger partial charge in [0, 0.05) is 12.6 Å². The quantitative estimate of drug-likeness (QED) is 0.820. The molecule has 3 nitrogen and oxygen atoms in total. The zero-order valence-corrected chi connectivity index (χ0v) is 12.0. The maximum absolute atomic E-state index is 5.75. The van der Waals surface area contributed by atoms with E-state index in [1.54, 1.807) is 7.11 Å². The van der Waals surface area contributed by atoms with Crippen LogP contribution in [-0.4, -0.2) is 32.4 Å². The molecular formula is C16H25NO2. The SMILES string of the molecule is CCNC(Cc1ccccc1OC)CC1CCCO1. The molecule has 2 atom stereocenters. The van der Waals surface area contributed by atoms with Crippen LogP contribution in [0.3, 0.4) is 0 Å². The van der Waals surface area contributed by atoms with Gasteiger partial charge in [-0.15, -0.1) is 0 Å². The number of benzene rings is 1. The number of nitrogens with one attached hydrogen (secondary N) is 1. The minimum atomic E-state index is 0.429. The van der Waals surface area contributed by atoms with E-state index in [-0.39, 0.29) is 0 Å². The van der Waals surface area contributed by atoms with Crippen LogP contribution in [0.15, 0.2) is 24.3 Å². The Hall–Kier alpha value is -1.06. The van der Waals surface area contributed by atoms with Gasteiger partial charge in [-0.25, -0.2) is 0 Å². The summed E-state index contributed by atoms with van der Waals surface area (Å²) in [7, 11) is 1.74. The molecule has 1 aromatic carbocycles. The Morgan fingerprint density at radius 2 is 2.26 bits per heavy atom. The molecule has 1 aromatic rings. The second-order valence-electron chi connectivity index (χ2n) is 5.14. The summed E-state index contributed by atoms with van der Waals surface area (Å²) in [5, 5.41) is 3.57. The molecular weight excluding hydrogens is 238 g/mol. The smallest absolute Gasteiger partial charge is 0.122 e. The fraction of sp³-hybridized carbons (Fsp3) is 0.625. The molecule has 2 rings (SSSR count). The number of para-hydroxylation sites is 1. The van der Waals surface area contributed by atoms with Crippen molar-refractivity contribution in [1.82, 2.24) is 5.32 Å². The molecule has 0 saturated carbocycles. The summed E-state index contributed by atoms with van der Waals surface area (Å²) in [6.07, 6.45) is 4.93. The maximum Gasteiger partial charge on any atom is 0.122 e. The van der Waals surface area contributed by atoms with Crippen LogP contribution in [0.2, 0.25) is 0 Å². The van der Waals surface area contributed by atoms with Crippen LogP contribution in [0.5, 0.6) is 5.75 Å².